The van der Waals surface area contributed by atoms with Crippen LogP contribution in [0.15, 0.2) is 0 Å². The van der Waals surface area contributed by atoms with Crippen LogP contribution in [0.5, 0.6) is 0 Å². The SMILES string of the molecule is CC(C)(C)Cc1nc2c(s1)CC(CN)CC2. The molecule has 0 fully saturated rings. The smallest absolute Gasteiger partial charge is 0.0936 e. The second-order valence-corrected chi connectivity index (χ2v) is 7.23. The Morgan fingerprint density at radius 2 is 2.19 bits per heavy atom. The molecule has 0 saturated heterocycles. The molecule has 16 heavy (non-hydrogen) atoms. The van der Waals surface area contributed by atoms with E-state index in [0.717, 1.165) is 25.8 Å². The van der Waals surface area contributed by atoms with Crippen LogP contribution >= 0.6 is 11.3 Å². The lowest BCUT2D eigenvalue weighted by Gasteiger charge is -2.18. The van der Waals surface area contributed by atoms with Crippen molar-refractivity contribution in [3.63, 3.8) is 0 Å². The van der Waals surface area contributed by atoms with Crippen LogP contribution in [-0.4, -0.2) is 11.5 Å². The molecule has 1 atom stereocenters. The van der Waals surface area contributed by atoms with E-state index >= 15 is 0 Å². The Morgan fingerprint density at radius 1 is 1.44 bits per heavy atom. The molecule has 1 aromatic heterocycles. The monoisotopic (exact) mass is 238 g/mol. The van der Waals surface area contributed by atoms with Crippen molar-refractivity contribution in [3.05, 3.63) is 15.6 Å². The summed E-state index contributed by atoms with van der Waals surface area (Å²) >= 11 is 1.91. The number of aromatic nitrogens is 1. The first-order chi connectivity index (χ1) is 7.48. The minimum absolute atomic E-state index is 0.341. The van der Waals surface area contributed by atoms with Crippen LogP contribution in [0.1, 0.15) is 42.8 Å². The van der Waals surface area contributed by atoms with Gasteiger partial charge in [0.25, 0.3) is 0 Å². The third-order valence-electron chi connectivity index (χ3n) is 3.10. The van der Waals surface area contributed by atoms with Gasteiger partial charge in [0.1, 0.15) is 0 Å². The van der Waals surface area contributed by atoms with Gasteiger partial charge in [-0.1, -0.05) is 20.8 Å². The highest BCUT2D eigenvalue weighted by molar-refractivity contribution is 7.11. The quantitative estimate of drug-likeness (QED) is 0.860. The summed E-state index contributed by atoms with van der Waals surface area (Å²) in [5.74, 6) is 0.690. The van der Waals surface area contributed by atoms with E-state index < -0.39 is 0 Å². The topological polar surface area (TPSA) is 38.9 Å². The summed E-state index contributed by atoms with van der Waals surface area (Å²) in [5.41, 5.74) is 7.45. The van der Waals surface area contributed by atoms with E-state index in [1.807, 2.05) is 11.3 Å². The van der Waals surface area contributed by atoms with Gasteiger partial charge >= 0.3 is 0 Å². The van der Waals surface area contributed by atoms with E-state index in [2.05, 4.69) is 20.8 Å². The number of fused-ring (bicyclic) bond motifs is 1. The Bertz CT molecular complexity index is 362. The normalized spacial score (nSPS) is 20.9. The Morgan fingerprint density at radius 3 is 2.81 bits per heavy atom. The highest BCUT2D eigenvalue weighted by atomic mass is 32.1. The third-order valence-corrected chi connectivity index (χ3v) is 4.22. The molecular formula is C13H22N2S. The summed E-state index contributed by atoms with van der Waals surface area (Å²) in [6.07, 6.45) is 4.62. The van der Waals surface area contributed by atoms with Crippen molar-refractivity contribution in [3.8, 4) is 0 Å². The van der Waals surface area contributed by atoms with Gasteiger partial charge in [-0.15, -0.1) is 11.3 Å². The van der Waals surface area contributed by atoms with Gasteiger partial charge < -0.3 is 5.73 Å². The first-order valence-electron chi connectivity index (χ1n) is 6.15. The molecule has 3 heteroatoms. The zero-order valence-corrected chi connectivity index (χ0v) is 11.4. The van der Waals surface area contributed by atoms with Gasteiger partial charge in [-0.25, -0.2) is 4.98 Å². The van der Waals surface area contributed by atoms with E-state index in [1.165, 1.54) is 22.0 Å². The fourth-order valence-electron chi connectivity index (χ4n) is 2.23. The van der Waals surface area contributed by atoms with Crippen LogP contribution in [0.4, 0.5) is 0 Å². The summed E-state index contributed by atoms with van der Waals surface area (Å²) in [6.45, 7) is 7.65. The fraction of sp³-hybridized carbons (Fsp3) is 0.769. The first kappa shape index (κ1) is 12.1. The van der Waals surface area contributed by atoms with Gasteiger partial charge in [-0.2, -0.15) is 0 Å². The van der Waals surface area contributed by atoms with Crippen LogP contribution in [-0.2, 0) is 19.3 Å². The van der Waals surface area contributed by atoms with Crippen LogP contribution in [0.25, 0.3) is 0 Å². The molecule has 1 unspecified atom stereocenters. The maximum Gasteiger partial charge on any atom is 0.0936 e. The van der Waals surface area contributed by atoms with Gasteiger partial charge in [-0.3, -0.25) is 0 Å². The molecule has 1 aliphatic carbocycles. The van der Waals surface area contributed by atoms with Crippen LogP contribution < -0.4 is 5.73 Å². The lowest BCUT2D eigenvalue weighted by atomic mass is 9.91. The fourth-order valence-corrected chi connectivity index (χ4v) is 3.76. The predicted octanol–water partition coefficient (Wildman–Crippen LogP) is 2.80. The lowest BCUT2D eigenvalue weighted by molar-refractivity contribution is 0.409. The van der Waals surface area contributed by atoms with E-state index in [-0.39, 0.29) is 0 Å². The molecule has 1 aromatic rings. The summed E-state index contributed by atoms with van der Waals surface area (Å²) in [4.78, 5) is 6.28. The predicted molar refractivity (Wildman–Crippen MR) is 69.8 cm³/mol. The van der Waals surface area contributed by atoms with Crippen molar-refractivity contribution in [1.29, 1.82) is 0 Å². The van der Waals surface area contributed by atoms with Gasteiger partial charge in [0.15, 0.2) is 0 Å². The maximum absolute atomic E-state index is 5.75. The van der Waals surface area contributed by atoms with Gasteiger partial charge in [0, 0.05) is 11.3 Å². The molecule has 1 heterocycles. The Hall–Kier alpha value is -0.410. The van der Waals surface area contributed by atoms with Gasteiger partial charge in [-0.05, 0) is 37.1 Å². The van der Waals surface area contributed by atoms with Crippen LogP contribution in [0, 0.1) is 11.3 Å². The van der Waals surface area contributed by atoms with Crippen LogP contribution in [0.3, 0.4) is 0 Å². The zero-order valence-electron chi connectivity index (χ0n) is 10.5. The molecule has 2 N–H and O–H groups in total. The molecular weight excluding hydrogens is 216 g/mol. The van der Waals surface area contributed by atoms with Gasteiger partial charge in [0.2, 0.25) is 0 Å². The van der Waals surface area contributed by atoms with Crippen molar-refractivity contribution >= 4 is 11.3 Å². The standard InChI is InChI=1S/C13H22N2S/c1-13(2,3)7-12-15-10-5-4-9(8-14)6-11(10)16-12/h9H,4-8,14H2,1-3H3. The van der Waals surface area contributed by atoms with Crippen molar-refractivity contribution in [2.75, 3.05) is 6.54 Å². The summed E-state index contributed by atoms with van der Waals surface area (Å²) in [6, 6.07) is 0. The Kier molecular flexibility index (Phi) is 3.36. The second-order valence-electron chi connectivity index (χ2n) is 6.06. The van der Waals surface area contributed by atoms with Gasteiger partial charge in [0.05, 0.1) is 10.7 Å². The number of aryl methyl sites for hydroxylation is 1. The minimum atomic E-state index is 0.341. The molecule has 1 aliphatic rings. The maximum atomic E-state index is 5.75. The largest absolute Gasteiger partial charge is 0.330 e. The Balaban J connectivity index is 2.12. The molecule has 0 aliphatic heterocycles. The molecule has 2 nitrogen and oxygen atoms in total. The number of nitrogens with two attached hydrogens (primary N) is 1. The van der Waals surface area contributed by atoms with E-state index in [0.29, 0.717) is 11.3 Å². The number of nitrogens with zero attached hydrogens (tertiary/aromatic N) is 1. The first-order valence-corrected chi connectivity index (χ1v) is 6.97. The minimum Gasteiger partial charge on any atom is -0.330 e. The van der Waals surface area contributed by atoms with E-state index in [9.17, 15) is 0 Å². The molecule has 0 bridgehead atoms. The second kappa shape index (κ2) is 4.46. The summed E-state index contributed by atoms with van der Waals surface area (Å²) in [5, 5.41) is 1.31. The molecule has 90 valence electrons. The highest BCUT2D eigenvalue weighted by Crippen LogP contribution is 2.32. The lowest BCUT2D eigenvalue weighted by Crippen LogP contribution is -2.21. The van der Waals surface area contributed by atoms with Crippen molar-refractivity contribution in [2.45, 2.75) is 46.5 Å². The molecule has 0 radical (unpaired) electrons. The summed E-state index contributed by atoms with van der Waals surface area (Å²) < 4.78 is 0. The van der Waals surface area contributed by atoms with Crippen molar-refractivity contribution in [2.24, 2.45) is 17.1 Å². The third kappa shape index (κ3) is 2.83. The molecule has 0 saturated carbocycles. The average molecular weight is 238 g/mol. The van der Waals surface area contributed by atoms with Crippen molar-refractivity contribution in [1.82, 2.24) is 4.98 Å². The Labute approximate surface area is 102 Å². The summed E-state index contributed by atoms with van der Waals surface area (Å²) in [7, 11) is 0. The average Bonchev–Trinajstić information content (AvgIpc) is 2.55. The molecule has 2 rings (SSSR count). The number of hydrogen-bond acceptors (Lipinski definition) is 3. The number of hydrogen-bond donors (Lipinski definition) is 1. The van der Waals surface area contributed by atoms with Crippen molar-refractivity contribution < 1.29 is 0 Å². The molecule has 0 spiro atoms. The van der Waals surface area contributed by atoms with E-state index in [1.54, 1.807) is 0 Å². The van der Waals surface area contributed by atoms with Crippen LogP contribution in [0.2, 0.25) is 0 Å². The highest BCUT2D eigenvalue weighted by Gasteiger charge is 2.23. The number of rotatable bonds is 2. The molecule has 0 aromatic carbocycles. The van der Waals surface area contributed by atoms with E-state index in [4.69, 9.17) is 10.7 Å². The zero-order chi connectivity index (χ0) is 11.8. The number of thiazole rings is 1. The molecule has 0 amide bonds.